The molecule has 0 aromatic heterocycles. The van der Waals surface area contributed by atoms with Crippen LogP contribution in [0.4, 0.5) is 0 Å². The van der Waals surface area contributed by atoms with Crippen molar-refractivity contribution in [2.24, 2.45) is 5.92 Å². The molecule has 0 fully saturated rings. The fourth-order valence-electron chi connectivity index (χ4n) is 2.21. The van der Waals surface area contributed by atoms with Crippen LogP contribution in [0.5, 0.6) is 5.75 Å². The van der Waals surface area contributed by atoms with Crippen LogP contribution in [-0.2, 0) is 6.42 Å². The number of rotatable bonds is 8. The van der Waals surface area contributed by atoms with E-state index in [2.05, 4.69) is 31.3 Å². The van der Waals surface area contributed by atoms with E-state index in [1.165, 1.54) is 5.56 Å². The molecule has 2 rings (SSSR count). The van der Waals surface area contributed by atoms with E-state index in [4.69, 9.17) is 4.74 Å². The number of benzene rings is 2. The van der Waals surface area contributed by atoms with Crippen molar-refractivity contribution >= 4 is 5.91 Å². The minimum absolute atomic E-state index is 0.0600. The summed E-state index contributed by atoms with van der Waals surface area (Å²) in [5.74, 6) is 1.30. The normalized spacial score (nSPS) is 10.6. The van der Waals surface area contributed by atoms with Crippen molar-refractivity contribution in [3.05, 3.63) is 65.7 Å². The smallest absolute Gasteiger partial charge is 0.251 e. The predicted octanol–water partition coefficient (Wildman–Crippen LogP) is 4.08. The lowest BCUT2D eigenvalue weighted by atomic mass is 10.1. The van der Waals surface area contributed by atoms with Gasteiger partial charge < -0.3 is 10.1 Å². The van der Waals surface area contributed by atoms with Crippen LogP contribution in [0.15, 0.2) is 54.6 Å². The van der Waals surface area contributed by atoms with Gasteiger partial charge in [-0.25, -0.2) is 0 Å². The zero-order valence-electron chi connectivity index (χ0n) is 13.9. The molecule has 0 radical (unpaired) electrons. The third-order valence-electron chi connectivity index (χ3n) is 3.60. The van der Waals surface area contributed by atoms with E-state index in [1.54, 1.807) is 6.07 Å². The Morgan fingerprint density at radius 3 is 2.61 bits per heavy atom. The highest BCUT2D eigenvalue weighted by molar-refractivity contribution is 5.94. The molecule has 0 aliphatic heterocycles. The van der Waals surface area contributed by atoms with Gasteiger partial charge in [0.05, 0.1) is 6.61 Å². The van der Waals surface area contributed by atoms with E-state index in [-0.39, 0.29) is 5.91 Å². The molecule has 3 heteroatoms. The number of carbonyl (C=O) groups excluding carboxylic acids is 1. The first-order valence-electron chi connectivity index (χ1n) is 8.20. The highest BCUT2D eigenvalue weighted by Gasteiger charge is 2.06. The molecule has 0 unspecified atom stereocenters. The molecular formula is C20H25NO2. The molecule has 122 valence electrons. The van der Waals surface area contributed by atoms with Crippen molar-refractivity contribution in [3.63, 3.8) is 0 Å². The Morgan fingerprint density at radius 1 is 1.09 bits per heavy atom. The third-order valence-corrected chi connectivity index (χ3v) is 3.60. The first-order chi connectivity index (χ1) is 11.1. The van der Waals surface area contributed by atoms with Crippen LogP contribution >= 0.6 is 0 Å². The van der Waals surface area contributed by atoms with Crippen LogP contribution in [-0.4, -0.2) is 19.1 Å². The minimum Gasteiger partial charge on any atom is -0.494 e. The van der Waals surface area contributed by atoms with Gasteiger partial charge in [-0.3, -0.25) is 4.79 Å². The van der Waals surface area contributed by atoms with Crippen molar-refractivity contribution in [3.8, 4) is 5.75 Å². The van der Waals surface area contributed by atoms with Gasteiger partial charge in [-0.1, -0.05) is 50.2 Å². The molecule has 2 aromatic carbocycles. The minimum atomic E-state index is -0.0600. The molecule has 1 amide bonds. The number of nitrogens with one attached hydrogen (secondary N) is 1. The van der Waals surface area contributed by atoms with Crippen LogP contribution in [0.25, 0.3) is 0 Å². The number of hydrogen-bond donors (Lipinski definition) is 1. The topological polar surface area (TPSA) is 38.3 Å². The first kappa shape index (κ1) is 17.1. The quantitative estimate of drug-likeness (QED) is 0.797. The molecule has 1 N–H and O–H groups in total. The Hall–Kier alpha value is -2.29. The summed E-state index contributed by atoms with van der Waals surface area (Å²) < 4.78 is 5.70. The Morgan fingerprint density at radius 2 is 1.87 bits per heavy atom. The van der Waals surface area contributed by atoms with Gasteiger partial charge >= 0.3 is 0 Å². The van der Waals surface area contributed by atoms with Crippen molar-refractivity contribution in [2.45, 2.75) is 26.7 Å². The Balaban J connectivity index is 1.82. The van der Waals surface area contributed by atoms with Crippen LogP contribution in [0.2, 0.25) is 0 Å². The summed E-state index contributed by atoms with van der Waals surface area (Å²) in [5, 5.41) is 2.95. The van der Waals surface area contributed by atoms with E-state index in [9.17, 15) is 4.79 Å². The maximum Gasteiger partial charge on any atom is 0.251 e. The monoisotopic (exact) mass is 311 g/mol. The van der Waals surface area contributed by atoms with Gasteiger partial charge in [0.1, 0.15) is 5.75 Å². The maximum absolute atomic E-state index is 12.2. The van der Waals surface area contributed by atoms with Crippen molar-refractivity contribution in [2.75, 3.05) is 13.2 Å². The van der Waals surface area contributed by atoms with E-state index in [1.807, 2.05) is 36.4 Å². The third kappa shape index (κ3) is 6.15. The molecule has 0 saturated heterocycles. The van der Waals surface area contributed by atoms with Crippen molar-refractivity contribution < 1.29 is 9.53 Å². The van der Waals surface area contributed by atoms with E-state index in [0.717, 1.165) is 18.6 Å². The van der Waals surface area contributed by atoms with Gasteiger partial charge in [0.15, 0.2) is 0 Å². The fourth-order valence-corrected chi connectivity index (χ4v) is 2.21. The van der Waals surface area contributed by atoms with Crippen molar-refractivity contribution in [1.82, 2.24) is 5.32 Å². The largest absolute Gasteiger partial charge is 0.494 e. The first-order valence-corrected chi connectivity index (χ1v) is 8.20. The number of ether oxygens (including phenoxy) is 1. The summed E-state index contributed by atoms with van der Waals surface area (Å²) in [7, 11) is 0. The summed E-state index contributed by atoms with van der Waals surface area (Å²) >= 11 is 0. The molecule has 0 heterocycles. The second kappa shape index (κ2) is 8.99. The van der Waals surface area contributed by atoms with E-state index >= 15 is 0 Å². The van der Waals surface area contributed by atoms with Crippen LogP contribution < -0.4 is 10.1 Å². The van der Waals surface area contributed by atoms with Crippen LogP contribution in [0.1, 0.15) is 36.2 Å². The summed E-state index contributed by atoms with van der Waals surface area (Å²) in [6.45, 7) is 5.64. The Bertz CT molecular complexity index is 608. The predicted molar refractivity (Wildman–Crippen MR) is 93.9 cm³/mol. The van der Waals surface area contributed by atoms with Gasteiger partial charge in [-0.15, -0.1) is 0 Å². The fraction of sp³-hybridized carbons (Fsp3) is 0.350. The molecule has 0 saturated carbocycles. The Labute approximate surface area is 138 Å². The highest BCUT2D eigenvalue weighted by atomic mass is 16.5. The lowest BCUT2D eigenvalue weighted by molar-refractivity contribution is 0.0953. The molecule has 0 spiro atoms. The summed E-state index contributed by atoms with van der Waals surface area (Å²) in [4.78, 5) is 12.2. The number of amides is 1. The zero-order chi connectivity index (χ0) is 16.5. The molecule has 2 aromatic rings. The molecule has 0 aliphatic rings. The SMILES string of the molecule is CC(C)CCOc1cccc(C(=O)NCCc2ccccc2)c1. The average molecular weight is 311 g/mol. The van der Waals surface area contributed by atoms with Gasteiger partial charge in [0, 0.05) is 12.1 Å². The molecular weight excluding hydrogens is 286 g/mol. The summed E-state index contributed by atoms with van der Waals surface area (Å²) in [6.07, 6.45) is 1.84. The van der Waals surface area contributed by atoms with Crippen molar-refractivity contribution in [1.29, 1.82) is 0 Å². The van der Waals surface area contributed by atoms with Gasteiger partial charge in [-0.05, 0) is 42.5 Å². The molecule has 0 atom stereocenters. The summed E-state index contributed by atoms with van der Waals surface area (Å²) in [6, 6.07) is 17.5. The lowest BCUT2D eigenvalue weighted by Crippen LogP contribution is -2.25. The van der Waals surface area contributed by atoms with E-state index in [0.29, 0.717) is 24.6 Å². The average Bonchev–Trinajstić information content (AvgIpc) is 2.56. The maximum atomic E-state index is 12.2. The second-order valence-corrected chi connectivity index (χ2v) is 6.05. The van der Waals surface area contributed by atoms with E-state index < -0.39 is 0 Å². The van der Waals surface area contributed by atoms with Crippen LogP contribution in [0.3, 0.4) is 0 Å². The van der Waals surface area contributed by atoms with Gasteiger partial charge in [0.2, 0.25) is 0 Å². The zero-order valence-corrected chi connectivity index (χ0v) is 13.9. The van der Waals surface area contributed by atoms with Gasteiger partial charge in [0.25, 0.3) is 5.91 Å². The lowest BCUT2D eigenvalue weighted by Gasteiger charge is -2.10. The van der Waals surface area contributed by atoms with Crippen LogP contribution in [0, 0.1) is 5.92 Å². The molecule has 0 bridgehead atoms. The molecule has 0 aliphatic carbocycles. The molecule has 23 heavy (non-hydrogen) atoms. The Kier molecular flexibility index (Phi) is 6.67. The number of hydrogen-bond acceptors (Lipinski definition) is 2. The van der Waals surface area contributed by atoms with Gasteiger partial charge in [-0.2, -0.15) is 0 Å². The highest BCUT2D eigenvalue weighted by Crippen LogP contribution is 2.14. The second-order valence-electron chi connectivity index (χ2n) is 6.05. The molecule has 3 nitrogen and oxygen atoms in total. The standard InChI is InChI=1S/C20H25NO2/c1-16(2)12-14-23-19-10-6-9-18(15-19)20(22)21-13-11-17-7-4-3-5-8-17/h3-10,15-16H,11-14H2,1-2H3,(H,21,22). The summed E-state index contributed by atoms with van der Waals surface area (Å²) in [5.41, 5.74) is 1.86. The number of carbonyl (C=O) groups is 1.